The molecule has 1 amide bonds. The molecule has 7 heterocycles. The van der Waals surface area contributed by atoms with Crippen molar-refractivity contribution in [3.8, 4) is 46.3 Å². The van der Waals surface area contributed by atoms with Crippen LogP contribution in [0, 0.1) is 25.2 Å². The van der Waals surface area contributed by atoms with Gasteiger partial charge in [0.25, 0.3) is 0 Å². The molecule has 4 bridgehead atoms. The SMILES string of the molecule is COc1cc2c(cc1O)CCN[C@]21CS[C@@H]2c3c(OC(C)=O)c(C)c4c(c3[C@@H](CNC1=O)N1C2[C@H]2c3c(cc(C)c(OC)c3O)C[C@@H]([C@@H]1C#N)N2C)OCO4. The third kappa shape index (κ3) is 4.90. The lowest BCUT2D eigenvalue weighted by Crippen LogP contribution is -2.70. The molecule has 0 aromatic heterocycles. The Bertz CT molecular complexity index is 2230. The molecule has 7 atom stereocenters. The fraction of sp³-hybridized carbons (Fsp3) is 0.475. The number of carbonyl (C=O) groups excluding carboxylic acids is 2. The van der Waals surface area contributed by atoms with Crippen LogP contribution in [0.4, 0.5) is 0 Å². The molecule has 3 aromatic rings. The van der Waals surface area contributed by atoms with Gasteiger partial charge < -0.3 is 39.2 Å². The average molecular weight is 770 g/mol. The summed E-state index contributed by atoms with van der Waals surface area (Å²) in [7, 11) is 5.03. The van der Waals surface area contributed by atoms with Crippen LogP contribution in [-0.4, -0.2) is 96.9 Å². The zero-order chi connectivity index (χ0) is 38.7. The summed E-state index contributed by atoms with van der Waals surface area (Å²) in [5.74, 6) is 1.47. The molecule has 1 spiro atoms. The van der Waals surface area contributed by atoms with Gasteiger partial charge in [-0.15, -0.1) is 11.8 Å². The number of esters is 1. The number of benzene rings is 3. The zero-order valence-electron chi connectivity index (χ0n) is 31.4. The summed E-state index contributed by atoms with van der Waals surface area (Å²) >= 11 is 1.52. The van der Waals surface area contributed by atoms with Crippen LogP contribution >= 0.6 is 11.8 Å². The quantitative estimate of drug-likeness (QED) is 0.225. The van der Waals surface area contributed by atoms with Gasteiger partial charge in [-0.1, -0.05) is 6.07 Å². The molecule has 0 radical (unpaired) electrons. The van der Waals surface area contributed by atoms with Crippen molar-refractivity contribution in [1.82, 2.24) is 20.4 Å². The lowest BCUT2D eigenvalue weighted by Gasteiger charge is -2.62. The van der Waals surface area contributed by atoms with Crippen LogP contribution in [0.1, 0.15) is 68.8 Å². The van der Waals surface area contributed by atoms with Gasteiger partial charge in [0, 0.05) is 60.1 Å². The summed E-state index contributed by atoms with van der Waals surface area (Å²) in [6.45, 7) is 5.63. The first-order valence-electron chi connectivity index (χ1n) is 18.4. The van der Waals surface area contributed by atoms with Crippen molar-refractivity contribution >= 4 is 23.6 Å². The Labute approximate surface area is 322 Å². The molecule has 4 N–H and O–H groups in total. The van der Waals surface area contributed by atoms with E-state index in [0.717, 1.165) is 27.8 Å². The van der Waals surface area contributed by atoms with Crippen LogP contribution in [0.25, 0.3) is 0 Å². The van der Waals surface area contributed by atoms with E-state index in [4.69, 9.17) is 23.7 Å². The van der Waals surface area contributed by atoms with E-state index >= 15 is 0 Å². The van der Waals surface area contributed by atoms with Gasteiger partial charge >= 0.3 is 5.97 Å². The first kappa shape index (κ1) is 35.8. The molecule has 0 saturated carbocycles. The number of methoxy groups -OCH3 is 2. The fourth-order valence-corrected chi connectivity index (χ4v) is 12.0. The molecule has 15 heteroatoms. The highest BCUT2D eigenvalue weighted by molar-refractivity contribution is 7.99. The smallest absolute Gasteiger partial charge is 0.308 e. The Morgan fingerprint density at radius 1 is 1.07 bits per heavy atom. The minimum atomic E-state index is -1.25. The van der Waals surface area contributed by atoms with E-state index in [9.17, 15) is 25.1 Å². The number of rotatable bonds is 3. The van der Waals surface area contributed by atoms with Crippen molar-refractivity contribution in [2.75, 3.05) is 46.9 Å². The highest BCUT2D eigenvalue weighted by Gasteiger charge is 2.61. The summed E-state index contributed by atoms with van der Waals surface area (Å²) in [6.07, 6.45) is 1.10. The van der Waals surface area contributed by atoms with Gasteiger partial charge in [-0.25, -0.2) is 0 Å². The van der Waals surface area contributed by atoms with Gasteiger partial charge in [-0.05, 0) is 68.1 Å². The third-order valence-corrected chi connectivity index (χ3v) is 14.0. The minimum absolute atomic E-state index is 0.00351. The molecule has 2 saturated heterocycles. The van der Waals surface area contributed by atoms with Gasteiger partial charge in [0.1, 0.15) is 17.3 Å². The monoisotopic (exact) mass is 769 g/mol. The first-order chi connectivity index (χ1) is 26.4. The molecule has 2 fully saturated rings. The van der Waals surface area contributed by atoms with Gasteiger partial charge in [0.05, 0.1) is 37.6 Å². The van der Waals surface area contributed by atoms with E-state index in [1.54, 1.807) is 19.2 Å². The number of fused-ring (bicyclic) bond motifs is 9. The number of nitrogens with one attached hydrogen (secondary N) is 2. The van der Waals surface area contributed by atoms with Crippen LogP contribution < -0.4 is 34.3 Å². The average Bonchev–Trinajstić information content (AvgIpc) is 3.65. The van der Waals surface area contributed by atoms with Crippen LogP contribution in [-0.2, 0) is 28.0 Å². The summed E-state index contributed by atoms with van der Waals surface area (Å²) in [4.78, 5) is 32.2. The van der Waals surface area contributed by atoms with Crippen LogP contribution in [0.2, 0.25) is 0 Å². The molecule has 288 valence electrons. The van der Waals surface area contributed by atoms with Crippen molar-refractivity contribution < 1.29 is 43.5 Å². The number of aromatic hydroxyl groups is 2. The minimum Gasteiger partial charge on any atom is -0.504 e. The number of carbonyl (C=O) groups is 2. The summed E-state index contributed by atoms with van der Waals surface area (Å²) in [5.41, 5.74) is 4.80. The molecule has 55 heavy (non-hydrogen) atoms. The molecule has 14 nitrogen and oxygen atoms in total. The first-order valence-corrected chi connectivity index (χ1v) is 19.5. The van der Waals surface area contributed by atoms with Crippen molar-refractivity contribution in [2.24, 2.45) is 0 Å². The number of thioether (sulfide) groups is 1. The maximum Gasteiger partial charge on any atom is 0.308 e. The third-order valence-electron chi connectivity index (χ3n) is 12.6. The van der Waals surface area contributed by atoms with E-state index < -0.39 is 40.9 Å². The Hall–Kier alpha value is -4.88. The Morgan fingerprint density at radius 3 is 2.58 bits per heavy atom. The number of phenolic OH excluding ortho intramolecular Hbond substituents is 2. The lowest BCUT2D eigenvalue weighted by atomic mass is 9.71. The van der Waals surface area contributed by atoms with E-state index in [-0.39, 0.29) is 48.3 Å². The van der Waals surface area contributed by atoms with E-state index in [1.165, 1.54) is 25.8 Å². The second kappa shape index (κ2) is 12.8. The Morgan fingerprint density at radius 2 is 1.85 bits per heavy atom. The van der Waals surface area contributed by atoms with Crippen molar-refractivity contribution in [2.45, 2.75) is 74.6 Å². The van der Waals surface area contributed by atoms with Crippen LogP contribution in [0.5, 0.6) is 40.2 Å². The van der Waals surface area contributed by atoms with Crippen molar-refractivity contribution in [3.05, 3.63) is 62.7 Å². The fourth-order valence-electron chi connectivity index (χ4n) is 10.3. The maximum atomic E-state index is 14.9. The predicted molar refractivity (Wildman–Crippen MR) is 200 cm³/mol. The van der Waals surface area contributed by atoms with Crippen molar-refractivity contribution in [3.63, 3.8) is 0 Å². The molecule has 7 aliphatic heterocycles. The Kier molecular flexibility index (Phi) is 8.36. The van der Waals surface area contributed by atoms with Crippen LogP contribution in [0.3, 0.4) is 0 Å². The largest absolute Gasteiger partial charge is 0.504 e. The number of nitrogens with zero attached hydrogens (tertiary/aromatic N) is 3. The molecular formula is C40H43N5O9S. The molecule has 10 rings (SSSR count). The van der Waals surface area contributed by atoms with Crippen molar-refractivity contribution in [1.29, 1.82) is 5.26 Å². The van der Waals surface area contributed by atoms with Gasteiger partial charge in [-0.3, -0.25) is 24.7 Å². The number of ether oxygens (including phenoxy) is 5. The zero-order valence-corrected chi connectivity index (χ0v) is 32.3. The number of nitriles is 1. The van der Waals surface area contributed by atoms with E-state index in [1.807, 2.05) is 20.9 Å². The summed E-state index contributed by atoms with van der Waals surface area (Å²) in [6, 6.07) is 5.63. The molecular weight excluding hydrogens is 727 g/mol. The van der Waals surface area contributed by atoms with Gasteiger partial charge in [-0.2, -0.15) is 5.26 Å². The number of hydrogen-bond donors (Lipinski definition) is 4. The number of piperazine rings is 1. The summed E-state index contributed by atoms with van der Waals surface area (Å²) < 4.78 is 29.7. The predicted octanol–water partition coefficient (Wildman–Crippen LogP) is 3.56. The van der Waals surface area contributed by atoms with Gasteiger partial charge in [0.15, 0.2) is 34.5 Å². The van der Waals surface area contributed by atoms with E-state index in [2.05, 4.69) is 32.6 Å². The molecule has 0 aliphatic carbocycles. The highest BCUT2D eigenvalue weighted by atomic mass is 32.2. The second-order valence-electron chi connectivity index (χ2n) is 15.2. The molecule has 3 aromatic carbocycles. The Balaban J connectivity index is 1.33. The number of aryl methyl sites for hydroxylation is 1. The lowest BCUT2D eigenvalue weighted by molar-refractivity contribution is -0.132. The van der Waals surface area contributed by atoms with Crippen LogP contribution in [0.15, 0.2) is 18.2 Å². The number of hydrogen-bond acceptors (Lipinski definition) is 14. The number of likely N-dealkylation sites (N-methyl/N-ethyl adjacent to an activating group) is 1. The van der Waals surface area contributed by atoms with E-state index in [0.29, 0.717) is 59.1 Å². The summed E-state index contributed by atoms with van der Waals surface area (Å²) in [5, 5.41) is 40.3. The second-order valence-corrected chi connectivity index (χ2v) is 16.3. The standard InChI is InChI=1S/C40H43N5O9S/c1-17-9-21-10-23-24(13-41)45-25-14-42-39(49)40(22-12-27(50-5)26(47)11-20(22)7-8-43-40)15-55-38(32(45)31(44(23)4)28(21)33(48)34(17)51-6)30-29(25)37-36(52-16-53-37)18(2)35(30)54-19(3)46/h9,11-12,23-25,31-32,38,43,47-48H,7-8,10,14-16H2,1-6H3,(H,42,49)/t23-,24-,25+,31+,32?,38+,40+/m0/s1. The normalized spacial score (nSPS) is 28.9. The van der Waals surface area contributed by atoms with Gasteiger partial charge in [0.2, 0.25) is 12.7 Å². The topological polar surface area (TPSA) is 175 Å². The molecule has 7 aliphatic rings. The highest BCUT2D eigenvalue weighted by Crippen LogP contribution is 2.64. The maximum absolute atomic E-state index is 14.9. The number of amides is 1. The number of phenols is 2. The molecule has 1 unspecified atom stereocenters.